The number of anilines is 1. The van der Waals surface area contributed by atoms with Gasteiger partial charge in [-0.05, 0) is 59.5 Å². The second-order valence-corrected chi connectivity index (χ2v) is 9.99. The fourth-order valence-electron chi connectivity index (χ4n) is 4.08. The third-order valence-corrected chi connectivity index (χ3v) is 6.83. The molecule has 0 atom stereocenters. The average molecular weight is 569 g/mol. The van der Waals surface area contributed by atoms with Crippen molar-refractivity contribution in [2.24, 2.45) is 10.2 Å². The van der Waals surface area contributed by atoms with E-state index in [1.54, 1.807) is 23.2 Å². The Bertz CT molecular complexity index is 1580. The standard InChI is InChI=1S/C28H23F3N4O4S/c1-17(2)21-5-3-4-6-24(21)35-26(36)16-40-27(35)33-32-14-18-7-12-22-23(34-39-25(22)13-18)15-37-19-8-10-20(11-9-19)38-28(29,30)31/h3-14,17H,15-16H2,1-2H3/b32-14+,33-27-. The van der Waals surface area contributed by atoms with E-state index >= 15 is 0 Å². The Morgan fingerprint density at radius 2 is 1.85 bits per heavy atom. The number of ether oxygens (including phenoxy) is 2. The van der Waals surface area contributed by atoms with E-state index in [1.807, 2.05) is 30.3 Å². The third kappa shape index (κ3) is 6.28. The van der Waals surface area contributed by atoms with Crippen molar-refractivity contribution in [1.82, 2.24) is 5.16 Å². The smallest absolute Gasteiger partial charge is 0.487 e. The highest BCUT2D eigenvalue weighted by molar-refractivity contribution is 8.15. The Kier molecular flexibility index (Phi) is 7.78. The lowest BCUT2D eigenvalue weighted by atomic mass is 10.0. The molecule has 1 fully saturated rings. The van der Waals surface area contributed by atoms with Gasteiger partial charge < -0.3 is 14.0 Å². The first-order chi connectivity index (χ1) is 19.2. The number of hydrogen-bond acceptors (Lipinski definition) is 8. The number of fused-ring (bicyclic) bond motifs is 1. The molecule has 0 N–H and O–H groups in total. The second kappa shape index (κ2) is 11.4. The minimum Gasteiger partial charge on any atom is -0.487 e. The molecule has 206 valence electrons. The number of nitrogens with zero attached hydrogens (tertiary/aromatic N) is 4. The average Bonchev–Trinajstić information content (AvgIpc) is 3.49. The van der Waals surface area contributed by atoms with Crippen LogP contribution in [0, 0.1) is 0 Å². The first kappa shape index (κ1) is 27.3. The summed E-state index contributed by atoms with van der Waals surface area (Å²) in [5, 5.41) is 13.8. The van der Waals surface area contributed by atoms with E-state index in [-0.39, 0.29) is 24.2 Å². The lowest BCUT2D eigenvalue weighted by Gasteiger charge is -2.20. The molecule has 40 heavy (non-hydrogen) atoms. The van der Waals surface area contributed by atoms with Crippen LogP contribution in [-0.2, 0) is 11.4 Å². The van der Waals surface area contributed by atoms with E-state index in [1.165, 1.54) is 36.0 Å². The number of benzene rings is 3. The Hall–Kier alpha value is -4.32. The van der Waals surface area contributed by atoms with Gasteiger partial charge in [-0.25, -0.2) is 0 Å². The largest absolute Gasteiger partial charge is 0.573 e. The van der Waals surface area contributed by atoms with E-state index in [9.17, 15) is 18.0 Å². The van der Waals surface area contributed by atoms with Crippen LogP contribution < -0.4 is 14.4 Å². The third-order valence-electron chi connectivity index (χ3n) is 5.92. The Balaban J connectivity index is 1.26. The fourth-order valence-corrected chi connectivity index (χ4v) is 4.89. The molecule has 1 aliphatic heterocycles. The minimum atomic E-state index is -4.76. The van der Waals surface area contributed by atoms with Crippen LogP contribution in [0.2, 0.25) is 0 Å². The van der Waals surface area contributed by atoms with Gasteiger partial charge in [0.1, 0.15) is 23.8 Å². The molecule has 0 bridgehead atoms. The SMILES string of the molecule is CC(C)c1ccccc1N1C(=O)CS/C1=N\N=C\c1ccc2c(COc3ccc(OC(F)(F)F)cc3)noc2c1. The number of halogens is 3. The minimum absolute atomic E-state index is 0.0459. The number of carbonyl (C=O) groups is 1. The van der Waals surface area contributed by atoms with E-state index in [2.05, 4.69) is 33.9 Å². The number of amides is 1. The highest BCUT2D eigenvalue weighted by Crippen LogP contribution is 2.33. The second-order valence-electron chi connectivity index (χ2n) is 9.05. The van der Waals surface area contributed by atoms with Crippen molar-refractivity contribution in [1.29, 1.82) is 0 Å². The zero-order valence-electron chi connectivity index (χ0n) is 21.4. The quantitative estimate of drug-likeness (QED) is 0.170. The maximum atomic E-state index is 12.6. The molecule has 1 aromatic heterocycles. The predicted octanol–water partition coefficient (Wildman–Crippen LogP) is 6.90. The molecule has 1 amide bonds. The molecule has 4 aromatic rings. The zero-order chi connectivity index (χ0) is 28.3. The lowest BCUT2D eigenvalue weighted by Crippen LogP contribution is -2.30. The molecule has 0 saturated carbocycles. The summed E-state index contributed by atoms with van der Waals surface area (Å²) < 4.78 is 51.9. The van der Waals surface area contributed by atoms with Crippen LogP contribution in [0.1, 0.15) is 36.6 Å². The molecule has 0 spiro atoms. The molecule has 1 aliphatic rings. The van der Waals surface area contributed by atoms with Crippen LogP contribution in [0.25, 0.3) is 11.0 Å². The van der Waals surface area contributed by atoms with Crippen molar-refractivity contribution in [3.63, 3.8) is 0 Å². The number of rotatable bonds is 8. The van der Waals surface area contributed by atoms with Crippen molar-refractivity contribution in [2.75, 3.05) is 10.7 Å². The van der Waals surface area contributed by atoms with Crippen molar-refractivity contribution in [3.05, 3.63) is 83.6 Å². The number of aromatic nitrogens is 1. The predicted molar refractivity (Wildman–Crippen MR) is 147 cm³/mol. The van der Waals surface area contributed by atoms with Gasteiger partial charge in [-0.1, -0.05) is 55.0 Å². The Morgan fingerprint density at radius 1 is 1.10 bits per heavy atom. The van der Waals surface area contributed by atoms with Crippen LogP contribution >= 0.6 is 11.8 Å². The number of amidine groups is 1. The van der Waals surface area contributed by atoms with Gasteiger partial charge in [0.05, 0.1) is 17.7 Å². The number of hydrogen-bond donors (Lipinski definition) is 0. The van der Waals surface area contributed by atoms with E-state index in [4.69, 9.17) is 9.26 Å². The first-order valence-corrected chi connectivity index (χ1v) is 13.2. The maximum absolute atomic E-state index is 12.6. The summed E-state index contributed by atoms with van der Waals surface area (Å²) in [6.07, 6.45) is -3.20. The van der Waals surface area contributed by atoms with Gasteiger partial charge >= 0.3 is 6.36 Å². The Morgan fingerprint density at radius 3 is 2.60 bits per heavy atom. The van der Waals surface area contributed by atoms with E-state index < -0.39 is 6.36 Å². The van der Waals surface area contributed by atoms with Gasteiger partial charge in [0.2, 0.25) is 5.91 Å². The summed E-state index contributed by atoms with van der Waals surface area (Å²) >= 11 is 1.33. The summed E-state index contributed by atoms with van der Waals surface area (Å²) in [5.74, 6) is 0.498. The molecular weight excluding hydrogens is 545 g/mol. The van der Waals surface area contributed by atoms with Crippen LogP contribution in [0.3, 0.4) is 0 Å². The molecule has 0 radical (unpaired) electrons. The van der Waals surface area contributed by atoms with Crippen molar-refractivity contribution in [2.45, 2.75) is 32.7 Å². The molecule has 3 aromatic carbocycles. The van der Waals surface area contributed by atoms with Crippen LogP contribution in [-0.4, -0.2) is 34.6 Å². The van der Waals surface area contributed by atoms with Gasteiger partial charge in [-0.2, -0.15) is 5.10 Å². The van der Waals surface area contributed by atoms with Crippen molar-refractivity contribution >= 4 is 45.7 Å². The monoisotopic (exact) mass is 568 g/mol. The van der Waals surface area contributed by atoms with Crippen LogP contribution in [0.4, 0.5) is 18.9 Å². The molecule has 1 saturated heterocycles. The molecule has 0 unspecified atom stereocenters. The highest BCUT2D eigenvalue weighted by Gasteiger charge is 2.32. The van der Waals surface area contributed by atoms with Gasteiger partial charge in [0.25, 0.3) is 0 Å². The van der Waals surface area contributed by atoms with E-state index in [0.717, 1.165) is 11.3 Å². The van der Waals surface area contributed by atoms with Gasteiger partial charge in [0, 0.05) is 5.39 Å². The van der Waals surface area contributed by atoms with E-state index in [0.29, 0.717) is 38.9 Å². The lowest BCUT2D eigenvalue weighted by molar-refractivity contribution is -0.274. The summed E-state index contributed by atoms with van der Waals surface area (Å²) in [4.78, 5) is 14.3. The first-order valence-electron chi connectivity index (χ1n) is 12.2. The summed E-state index contributed by atoms with van der Waals surface area (Å²) in [5.41, 5.74) is 3.60. The van der Waals surface area contributed by atoms with Crippen molar-refractivity contribution in [3.8, 4) is 11.5 Å². The maximum Gasteiger partial charge on any atom is 0.573 e. The summed E-state index contributed by atoms with van der Waals surface area (Å²) in [7, 11) is 0. The molecule has 12 heteroatoms. The zero-order valence-corrected chi connectivity index (χ0v) is 22.2. The molecule has 8 nitrogen and oxygen atoms in total. The fraction of sp³-hybridized carbons (Fsp3) is 0.214. The van der Waals surface area contributed by atoms with Crippen LogP contribution in [0.5, 0.6) is 11.5 Å². The number of para-hydroxylation sites is 1. The van der Waals surface area contributed by atoms with Crippen molar-refractivity contribution < 1.29 is 32.0 Å². The Labute approximate surface area is 231 Å². The number of thioether (sulfide) groups is 1. The topological polar surface area (TPSA) is 89.5 Å². The highest BCUT2D eigenvalue weighted by atomic mass is 32.2. The normalized spacial score (nSPS) is 15.2. The van der Waals surface area contributed by atoms with Gasteiger partial charge in [-0.3, -0.25) is 9.69 Å². The molecule has 2 heterocycles. The molecule has 5 rings (SSSR count). The van der Waals surface area contributed by atoms with Gasteiger partial charge in [-0.15, -0.1) is 18.3 Å². The summed E-state index contributed by atoms with van der Waals surface area (Å²) in [6, 6.07) is 18.2. The number of alkyl halides is 3. The number of carbonyl (C=O) groups excluding carboxylic acids is 1. The van der Waals surface area contributed by atoms with Gasteiger partial charge in [0.15, 0.2) is 10.8 Å². The molecule has 0 aliphatic carbocycles. The van der Waals surface area contributed by atoms with Crippen LogP contribution in [0.15, 0.2) is 81.5 Å². The summed E-state index contributed by atoms with van der Waals surface area (Å²) in [6.45, 7) is 4.20. The molecular formula is C28H23F3N4O4S.